The van der Waals surface area contributed by atoms with Crippen LogP contribution in [0.2, 0.25) is 0 Å². The number of carbonyl (C=O) groups is 3. The highest BCUT2D eigenvalue weighted by Gasteiger charge is 2.38. The number of benzene rings is 2. The van der Waals surface area contributed by atoms with Gasteiger partial charge >= 0.3 is 0 Å². The minimum Gasteiger partial charge on any atom is -0.497 e. The van der Waals surface area contributed by atoms with Gasteiger partial charge in [-0.05, 0) is 49.2 Å². The molecule has 0 radical (unpaired) electrons. The summed E-state index contributed by atoms with van der Waals surface area (Å²) < 4.78 is 5.14. The molecule has 2 aliphatic rings. The van der Waals surface area contributed by atoms with Crippen molar-refractivity contribution in [2.45, 2.75) is 44.6 Å². The van der Waals surface area contributed by atoms with Crippen LogP contribution in [0.3, 0.4) is 0 Å². The van der Waals surface area contributed by atoms with Crippen LogP contribution in [0.15, 0.2) is 48.5 Å². The van der Waals surface area contributed by atoms with Crippen molar-refractivity contribution in [2.24, 2.45) is 5.92 Å². The van der Waals surface area contributed by atoms with Crippen molar-refractivity contribution >= 4 is 29.1 Å². The smallest absolute Gasteiger partial charge is 0.257 e. The molecule has 0 bridgehead atoms. The van der Waals surface area contributed by atoms with Gasteiger partial charge in [-0.25, -0.2) is 0 Å². The van der Waals surface area contributed by atoms with Gasteiger partial charge in [0.1, 0.15) is 5.75 Å². The van der Waals surface area contributed by atoms with Crippen LogP contribution < -0.4 is 15.4 Å². The van der Waals surface area contributed by atoms with E-state index >= 15 is 0 Å². The van der Waals surface area contributed by atoms with Crippen LogP contribution in [-0.2, 0) is 9.59 Å². The Bertz CT molecular complexity index is 983. The lowest BCUT2D eigenvalue weighted by Gasteiger charge is -2.31. The molecule has 1 atom stereocenters. The number of hydrogen-bond acceptors (Lipinski definition) is 4. The second-order valence-corrected chi connectivity index (χ2v) is 8.46. The van der Waals surface area contributed by atoms with E-state index in [0.717, 1.165) is 25.7 Å². The summed E-state index contributed by atoms with van der Waals surface area (Å²) in [7, 11) is 1.58. The fraction of sp³-hybridized carbons (Fsp3) is 0.400. The first-order valence-electron chi connectivity index (χ1n) is 11.2. The summed E-state index contributed by atoms with van der Waals surface area (Å²) in [6, 6.07) is 14.2. The van der Waals surface area contributed by atoms with E-state index in [1.54, 1.807) is 55.6 Å². The summed E-state index contributed by atoms with van der Waals surface area (Å²) in [5.41, 5.74) is 1.43. The largest absolute Gasteiger partial charge is 0.497 e. The maximum Gasteiger partial charge on any atom is 0.257 e. The molecule has 2 N–H and O–H groups in total. The number of amides is 3. The molecule has 2 aromatic rings. The normalized spacial score (nSPS) is 19.0. The molecular weight excluding hydrogens is 406 g/mol. The van der Waals surface area contributed by atoms with E-state index in [2.05, 4.69) is 10.6 Å². The molecule has 1 unspecified atom stereocenters. The van der Waals surface area contributed by atoms with E-state index in [1.807, 2.05) is 4.90 Å². The Morgan fingerprint density at radius 1 is 0.969 bits per heavy atom. The van der Waals surface area contributed by atoms with Crippen LogP contribution in [0.4, 0.5) is 11.4 Å². The predicted octanol–water partition coefficient (Wildman–Crippen LogP) is 4.07. The van der Waals surface area contributed by atoms with Gasteiger partial charge in [-0.2, -0.15) is 0 Å². The highest BCUT2D eigenvalue weighted by atomic mass is 16.5. The van der Waals surface area contributed by atoms with Gasteiger partial charge in [0.25, 0.3) is 5.91 Å². The average Bonchev–Trinajstić information content (AvgIpc) is 3.22. The van der Waals surface area contributed by atoms with Crippen LogP contribution in [0.25, 0.3) is 0 Å². The molecule has 1 aliphatic carbocycles. The summed E-state index contributed by atoms with van der Waals surface area (Å²) >= 11 is 0. The molecule has 2 aromatic carbocycles. The van der Waals surface area contributed by atoms with Gasteiger partial charge in [-0.3, -0.25) is 14.4 Å². The minimum absolute atomic E-state index is 0.0579. The SMILES string of the molecule is COc1ccc(NC(=O)c2ccccc2NC(=O)C2CC(=O)N(C3CCCCC3)C2)cc1. The van der Waals surface area contributed by atoms with E-state index in [-0.39, 0.29) is 30.2 Å². The summed E-state index contributed by atoms with van der Waals surface area (Å²) in [5.74, 6) is -0.187. The van der Waals surface area contributed by atoms with E-state index < -0.39 is 5.92 Å². The number of nitrogens with one attached hydrogen (secondary N) is 2. The number of anilines is 2. The Morgan fingerprint density at radius 3 is 2.41 bits per heavy atom. The van der Waals surface area contributed by atoms with Gasteiger partial charge in [-0.1, -0.05) is 31.4 Å². The zero-order valence-electron chi connectivity index (χ0n) is 18.3. The monoisotopic (exact) mass is 435 g/mol. The third kappa shape index (κ3) is 4.93. The number of ether oxygens (including phenoxy) is 1. The third-order valence-electron chi connectivity index (χ3n) is 6.32. The molecule has 32 heavy (non-hydrogen) atoms. The van der Waals surface area contributed by atoms with Crippen molar-refractivity contribution in [1.29, 1.82) is 0 Å². The second kappa shape index (κ2) is 9.85. The van der Waals surface area contributed by atoms with E-state index in [1.165, 1.54) is 6.42 Å². The Kier molecular flexibility index (Phi) is 6.73. The van der Waals surface area contributed by atoms with Crippen LogP contribution in [0.5, 0.6) is 5.75 Å². The predicted molar refractivity (Wildman–Crippen MR) is 123 cm³/mol. The molecule has 1 heterocycles. The number of para-hydroxylation sites is 1. The fourth-order valence-electron chi connectivity index (χ4n) is 4.55. The van der Waals surface area contributed by atoms with Gasteiger partial charge in [0.15, 0.2) is 0 Å². The van der Waals surface area contributed by atoms with Gasteiger partial charge < -0.3 is 20.3 Å². The summed E-state index contributed by atoms with van der Waals surface area (Å²) in [5, 5.41) is 5.72. The molecule has 1 aliphatic heterocycles. The fourth-order valence-corrected chi connectivity index (χ4v) is 4.55. The first-order chi connectivity index (χ1) is 15.5. The second-order valence-electron chi connectivity index (χ2n) is 8.46. The lowest BCUT2D eigenvalue weighted by molar-refractivity contribution is -0.130. The molecular formula is C25H29N3O4. The summed E-state index contributed by atoms with van der Waals surface area (Å²) in [6.07, 6.45) is 5.77. The van der Waals surface area contributed by atoms with Crippen LogP contribution in [0.1, 0.15) is 48.9 Å². The van der Waals surface area contributed by atoms with E-state index in [0.29, 0.717) is 29.2 Å². The van der Waals surface area contributed by atoms with Crippen molar-refractivity contribution < 1.29 is 19.1 Å². The first-order valence-corrected chi connectivity index (χ1v) is 11.2. The van der Waals surface area contributed by atoms with Crippen LogP contribution >= 0.6 is 0 Å². The topological polar surface area (TPSA) is 87.7 Å². The minimum atomic E-state index is -0.401. The van der Waals surface area contributed by atoms with Crippen LogP contribution in [0, 0.1) is 5.92 Å². The Morgan fingerprint density at radius 2 is 1.69 bits per heavy atom. The number of rotatable bonds is 6. The average molecular weight is 436 g/mol. The van der Waals surface area contributed by atoms with Crippen molar-refractivity contribution in [3.05, 3.63) is 54.1 Å². The molecule has 1 saturated heterocycles. The maximum atomic E-state index is 13.0. The van der Waals surface area contributed by atoms with E-state index in [9.17, 15) is 14.4 Å². The first kappa shape index (κ1) is 21.9. The molecule has 1 saturated carbocycles. The Labute approximate surface area is 188 Å². The lowest BCUT2D eigenvalue weighted by Crippen LogP contribution is -2.38. The molecule has 7 nitrogen and oxygen atoms in total. The third-order valence-corrected chi connectivity index (χ3v) is 6.32. The Hall–Kier alpha value is -3.35. The maximum absolute atomic E-state index is 13.0. The van der Waals surface area contributed by atoms with Crippen molar-refractivity contribution in [3.63, 3.8) is 0 Å². The highest BCUT2D eigenvalue weighted by Crippen LogP contribution is 2.29. The number of methoxy groups -OCH3 is 1. The van der Waals surface area contributed by atoms with Crippen molar-refractivity contribution in [1.82, 2.24) is 4.90 Å². The molecule has 7 heteroatoms. The molecule has 3 amide bonds. The van der Waals surface area contributed by atoms with E-state index in [4.69, 9.17) is 4.74 Å². The summed E-state index contributed by atoms with van der Waals surface area (Å²) in [6.45, 7) is 0.454. The molecule has 0 spiro atoms. The zero-order valence-corrected chi connectivity index (χ0v) is 18.3. The number of likely N-dealkylation sites (tertiary alicyclic amines) is 1. The molecule has 4 rings (SSSR count). The molecule has 2 fully saturated rings. The van der Waals surface area contributed by atoms with Crippen LogP contribution in [-0.4, -0.2) is 42.3 Å². The Balaban J connectivity index is 1.41. The van der Waals surface area contributed by atoms with Crippen molar-refractivity contribution in [3.8, 4) is 5.75 Å². The number of hydrogen-bond donors (Lipinski definition) is 2. The lowest BCUT2D eigenvalue weighted by atomic mass is 9.94. The van der Waals surface area contributed by atoms with Gasteiger partial charge in [0.05, 0.1) is 24.3 Å². The number of carbonyl (C=O) groups excluding carboxylic acids is 3. The van der Waals surface area contributed by atoms with Gasteiger partial charge in [0.2, 0.25) is 11.8 Å². The number of nitrogens with zero attached hydrogens (tertiary/aromatic N) is 1. The van der Waals surface area contributed by atoms with Gasteiger partial charge in [-0.15, -0.1) is 0 Å². The van der Waals surface area contributed by atoms with Crippen molar-refractivity contribution in [2.75, 3.05) is 24.3 Å². The molecule has 168 valence electrons. The van der Waals surface area contributed by atoms with Gasteiger partial charge in [0, 0.05) is 24.7 Å². The molecule has 0 aromatic heterocycles. The zero-order chi connectivity index (χ0) is 22.5. The standard InChI is InChI=1S/C25H29N3O4/c1-32-20-13-11-18(12-14-20)26-25(31)21-9-5-6-10-22(21)27-24(30)17-15-23(29)28(16-17)19-7-3-2-4-8-19/h5-6,9-14,17,19H,2-4,7-8,15-16H2,1H3,(H,26,31)(H,27,30). The summed E-state index contributed by atoms with van der Waals surface area (Å²) in [4.78, 5) is 40.2. The quantitative estimate of drug-likeness (QED) is 0.716. The highest BCUT2D eigenvalue weighted by molar-refractivity contribution is 6.10.